The van der Waals surface area contributed by atoms with E-state index in [-0.39, 0.29) is 28.7 Å². The van der Waals surface area contributed by atoms with Gasteiger partial charge in [-0.2, -0.15) is 0 Å². The minimum Gasteiger partial charge on any atom is -1.00 e. The monoisotopic (exact) mass is 761 g/mol. The number of anilines is 3. The lowest BCUT2D eigenvalue weighted by Crippen LogP contribution is -3.00. The molecule has 0 fully saturated rings. The van der Waals surface area contributed by atoms with Crippen molar-refractivity contribution in [3.63, 3.8) is 0 Å². The molecule has 1 amide bonds. The molecule has 0 unspecified atom stereocenters. The molecular formula is C27H26Br3N9O3. The van der Waals surface area contributed by atoms with Crippen LogP contribution in [-0.2, 0) is 18.4 Å². The third-order valence-electron chi connectivity index (χ3n) is 6.00. The fourth-order valence-electron chi connectivity index (χ4n) is 3.98. The molecule has 0 aliphatic rings. The number of aromatic nitrogens is 5. The smallest absolute Gasteiger partial charge is 0.392 e. The molecule has 0 atom stereocenters. The summed E-state index contributed by atoms with van der Waals surface area (Å²) >= 11 is 6.95. The minimum atomic E-state index is -0.500. The maximum Gasteiger partial charge on any atom is 0.392 e. The van der Waals surface area contributed by atoms with Crippen molar-refractivity contribution in [2.75, 3.05) is 31.3 Å². The number of halogens is 3. The molecule has 0 saturated heterocycles. The molecule has 1 aromatic carbocycles. The lowest BCUT2D eigenvalue weighted by molar-refractivity contribution is -0.898. The van der Waals surface area contributed by atoms with E-state index in [2.05, 4.69) is 74.3 Å². The molecule has 0 bridgehead atoms. The number of hydrogen-bond acceptors (Lipinski definition) is 8. The maximum atomic E-state index is 12.7. The van der Waals surface area contributed by atoms with Crippen molar-refractivity contribution in [2.24, 2.45) is 7.05 Å². The molecule has 4 aromatic rings. The maximum absolute atomic E-state index is 12.7. The Morgan fingerprint density at radius 2 is 1.95 bits per heavy atom. The number of carbonyl (C=O) groups is 1. The average molecular weight is 764 g/mol. The van der Waals surface area contributed by atoms with Crippen LogP contribution in [0, 0.1) is 22.0 Å². The summed E-state index contributed by atoms with van der Waals surface area (Å²) in [5.41, 5.74) is 1.89. The van der Waals surface area contributed by atoms with Gasteiger partial charge in [0.15, 0.2) is 5.69 Å². The second kappa shape index (κ2) is 14.0. The van der Waals surface area contributed by atoms with Gasteiger partial charge in [0.1, 0.15) is 24.5 Å². The second-order valence-electron chi connectivity index (χ2n) is 9.63. The quantitative estimate of drug-likeness (QED) is 0.0869. The van der Waals surface area contributed by atoms with Gasteiger partial charge >= 0.3 is 5.82 Å². The topological polar surface area (TPSA) is 141 Å². The van der Waals surface area contributed by atoms with Gasteiger partial charge in [-0.15, -0.1) is 0 Å². The lowest BCUT2D eigenvalue weighted by atomic mass is 10.2. The highest BCUT2D eigenvalue weighted by Crippen LogP contribution is 2.29. The zero-order chi connectivity index (χ0) is 29.7. The number of carbonyl (C=O) groups excluding carboxylic acids is 1. The van der Waals surface area contributed by atoms with E-state index in [0.717, 1.165) is 14.6 Å². The Balaban J connectivity index is 0.00000484. The summed E-state index contributed by atoms with van der Waals surface area (Å²) in [7, 11) is 5.53. The molecule has 218 valence electrons. The number of nitrogens with zero attached hydrogens (tertiary/aromatic N) is 7. The van der Waals surface area contributed by atoms with Crippen molar-refractivity contribution in [2.45, 2.75) is 13.5 Å². The molecule has 3 aromatic heterocycles. The Kier molecular flexibility index (Phi) is 10.9. The summed E-state index contributed by atoms with van der Waals surface area (Å²) in [6.45, 7) is 2.39. The Morgan fingerprint density at radius 1 is 1.19 bits per heavy atom. The van der Waals surface area contributed by atoms with Crippen LogP contribution in [0.5, 0.6) is 0 Å². The number of benzene rings is 1. The highest BCUT2D eigenvalue weighted by Gasteiger charge is 2.30. The number of fused-ring (bicyclic) bond motifs is 1. The van der Waals surface area contributed by atoms with E-state index < -0.39 is 4.92 Å². The third-order valence-corrected chi connectivity index (χ3v) is 7.88. The first-order chi connectivity index (χ1) is 19.5. The zero-order valence-electron chi connectivity index (χ0n) is 23.0. The summed E-state index contributed by atoms with van der Waals surface area (Å²) < 4.78 is 3.79. The highest BCUT2D eigenvalue weighted by atomic mass is 79.9. The Morgan fingerprint density at radius 3 is 2.64 bits per heavy atom. The fourth-order valence-corrected chi connectivity index (χ4v) is 4.61. The van der Waals surface area contributed by atoms with Crippen LogP contribution in [0.2, 0.25) is 0 Å². The number of hydrogen-bond donors (Lipinski definition) is 2. The van der Waals surface area contributed by atoms with E-state index in [0.29, 0.717) is 51.6 Å². The Bertz CT molecular complexity index is 1740. The molecule has 0 aliphatic heterocycles. The summed E-state index contributed by atoms with van der Waals surface area (Å²) in [6.07, 6.45) is 6.14. The van der Waals surface area contributed by atoms with Crippen LogP contribution in [0.1, 0.15) is 18.4 Å². The van der Waals surface area contributed by atoms with Crippen LogP contribution >= 0.6 is 31.9 Å². The predicted octanol–water partition coefficient (Wildman–Crippen LogP) is 2.08. The molecule has 42 heavy (non-hydrogen) atoms. The van der Waals surface area contributed by atoms with Crippen molar-refractivity contribution in [1.29, 1.82) is 0 Å². The normalized spacial score (nSPS) is 11.1. The van der Waals surface area contributed by atoms with Crippen LogP contribution < -0.4 is 27.6 Å². The van der Waals surface area contributed by atoms with E-state index in [1.165, 1.54) is 12.4 Å². The first-order valence-electron chi connectivity index (χ1n) is 12.2. The number of quaternary nitrogens is 1. The Hall–Kier alpha value is -3.71. The predicted molar refractivity (Wildman–Crippen MR) is 163 cm³/mol. The van der Waals surface area contributed by atoms with Gasteiger partial charge in [-0.3, -0.25) is 9.36 Å². The number of imidazole rings is 1. The first kappa shape index (κ1) is 32.8. The average Bonchev–Trinajstić information content (AvgIpc) is 3.21. The van der Waals surface area contributed by atoms with E-state index in [4.69, 9.17) is 0 Å². The molecule has 2 N–H and O–H groups in total. The van der Waals surface area contributed by atoms with Gasteiger partial charge in [0, 0.05) is 33.1 Å². The van der Waals surface area contributed by atoms with Gasteiger partial charge in [0.25, 0.3) is 5.82 Å². The van der Waals surface area contributed by atoms with Gasteiger partial charge in [-0.05, 0) is 85.0 Å². The molecule has 0 spiro atoms. The van der Waals surface area contributed by atoms with Gasteiger partial charge in [0.05, 0.1) is 32.4 Å². The van der Waals surface area contributed by atoms with Crippen LogP contribution in [0.4, 0.5) is 23.1 Å². The van der Waals surface area contributed by atoms with Crippen molar-refractivity contribution >= 4 is 71.8 Å². The van der Waals surface area contributed by atoms with Crippen LogP contribution in [0.25, 0.3) is 10.9 Å². The number of nitrogens with one attached hydrogen (secondary N) is 2. The SMILES string of the molecule is CC#Cc1nc([N+](=O)[O-])c(C[N+](C)(C)C/C=C/C(=O)Nc2cc3c(Nc4ccc(Br)c(Br)c4)ncnc3cn2)n1C.[Br-]. The van der Waals surface area contributed by atoms with E-state index in [1.807, 2.05) is 32.3 Å². The van der Waals surface area contributed by atoms with E-state index in [1.54, 1.807) is 36.9 Å². The van der Waals surface area contributed by atoms with Crippen molar-refractivity contribution < 1.29 is 31.2 Å². The second-order valence-corrected chi connectivity index (χ2v) is 11.3. The molecular weight excluding hydrogens is 738 g/mol. The molecule has 3 heterocycles. The summed E-state index contributed by atoms with van der Waals surface area (Å²) in [6, 6.07) is 7.43. The molecule has 0 saturated carbocycles. The fraction of sp³-hybridized carbons (Fsp3) is 0.222. The van der Waals surface area contributed by atoms with Gasteiger partial charge < -0.3 is 42.2 Å². The summed E-state index contributed by atoms with van der Waals surface area (Å²) in [4.78, 5) is 40.7. The van der Waals surface area contributed by atoms with E-state index in [9.17, 15) is 14.9 Å². The number of likely N-dealkylation sites (N-methyl/N-ethyl adjacent to an activating group) is 1. The number of nitro groups is 1. The Labute approximate surface area is 269 Å². The van der Waals surface area contributed by atoms with Crippen molar-refractivity contribution in [1.82, 2.24) is 24.5 Å². The number of pyridine rings is 1. The summed E-state index contributed by atoms with van der Waals surface area (Å²) in [5.74, 6) is 6.17. The minimum absolute atomic E-state index is 0. The van der Waals surface area contributed by atoms with Gasteiger partial charge in [0.2, 0.25) is 5.91 Å². The van der Waals surface area contributed by atoms with Crippen molar-refractivity contribution in [3.8, 4) is 11.8 Å². The lowest BCUT2D eigenvalue weighted by Gasteiger charge is -2.28. The van der Waals surface area contributed by atoms with Crippen LogP contribution in [0.3, 0.4) is 0 Å². The van der Waals surface area contributed by atoms with Gasteiger partial charge in [-0.1, -0.05) is 5.92 Å². The number of amides is 1. The van der Waals surface area contributed by atoms with Gasteiger partial charge in [-0.25, -0.2) is 15.0 Å². The highest BCUT2D eigenvalue weighted by molar-refractivity contribution is 9.13. The number of rotatable bonds is 9. The molecule has 15 heteroatoms. The first-order valence-corrected chi connectivity index (χ1v) is 13.8. The molecule has 0 aliphatic carbocycles. The summed E-state index contributed by atoms with van der Waals surface area (Å²) in [5, 5.41) is 18.3. The van der Waals surface area contributed by atoms with Crippen LogP contribution in [0.15, 0.2) is 57.9 Å². The molecule has 4 rings (SSSR count). The van der Waals surface area contributed by atoms with Crippen molar-refractivity contribution in [3.05, 3.63) is 79.5 Å². The van der Waals surface area contributed by atoms with Crippen LogP contribution in [-0.4, -0.2) is 60.5 Å². The zero-order valence-corrected chi connectivity index (χ0v) is 27.8. The third kappa shape index (κ3) is 7.97. The largest absolute Gasteiger partial charge is 1.00 e. The molecule has 0 radical (unpaired) electrons. The standard InChI is InChI=1S/C27H25Br2N9O3.BrH/c1-5-7-24-35-27(37(40)41)22(36(24)2)15-38(3,4)11-6-8-25(39)34-23-13-18-21(14-30-23)31-16-32-26(18)33-17-9-10-19(28)20(29)12-17;/h6,8-10,12-14,16H,11,15H2,1-4H3,(H-,30,31,32,33,34,39);1H/b8-6+;. The van der Waals surface area contributed by atoms with E-state index >= 15 is 0 Å². The molecule has 12 nitrogen and oxygen atoms in total.